The highest BCUT2D eigenvalue weighted by atomic mass is 19.1. The van der Waals surface area contributed by atoms with E-state index in [1.54, 1.807) is 38.2 Å². The topological polar surface area (TPSA) is 111 Å². The van der Waals surface area contributed by atoms with Gasteiger partial charge in [-0.25, -0.2) is 13.6 Å². The Morgan fingerprint density at radius 3 is 2.39 bits per heavy atom. The lowest BCUT2D eigenvalue weighted by atomic mass is 10.0. The highest BCUT2D eigenvalue weighted by molar-refractivity contribution is 6.20. The monoisotopic (exact) mass is 528 g/mol. The van der Waals surface area contributed by atoms with Gasteiger partial charge >= 0.3 is 6.03 Å². The molecule has 0 radical (unpaired) electrons. The molecule has 12 heteroatoms. The summed E-state index contributed by atoms with van der Waals surface area (Å²) < 4.78 is 41.0. The van der Waals surface area contributed by atoms with Crippen molar-refractivity contribution in [1.29, 1.82) is 5.41 Å². The zero-order chi connectivity index (χ0) is 27.7. The number of carbonyl (C=O) groups excluding carboxylic acids is 2. The second kappa shape index (κ2) is 10.6. The highest BCUT2D eigenvalue weighted by Crippen LogP contribution is 2.41. The molecule has 1 aromatic carbocycles. The largest absolute Gasteiger partial charge is 0.493 e. The van der Waals surface area contributed by atoms with E-state index in [1.165, 1.54) is 25.3 Å². The molecular weight excluding hydrogens is 498 g/mol. The van der Waals surface area contributed by atoms with Crippen molar-refractivity contribution in [2.24, 2.45) is 5.92 Å². The van der Waals surface area contributed by atoms with Gasteiger partial charge in [0.2, 0.25) is 5.91 Å². The summed E-state index contributed by atoms with van der Waals surface area (Å²) in [7, 11) is 5.87. The number of fused-ring (bicyclic) bond motifs is 1. The van der Waals surface area contributed by atoms with Crippen LogP contribution in [0.1, 0.15) is 24.6 Å². The second-order valence-electron chi connectivity index (χ2n) is 9.25. The SMILES string of the molecule is CN/C=C(\C(C)=N)c1cc2c(cn1)CN(c1c(F)c(OC)cc(OC)c1F)C(=O)N2CC1CC(=O)N(C)C1. The molecule has 2 aliphatic rings. The Morgan fingerprint density at radius 2 is 1.87 bits per heavy atom. The minimum Gasteiger partial charge on any atom is -0.493 e. The molecule has 1 fully saturated rings. The summed E-state index contributed by atoms with van der Waals surface area (Å²) >= 11 is 0. The molecule has 2 N–H and O–H groups in total. The number of aromatic nitrogens is 1. The fourth-order valence-corrected chi connectivity index (χ4v) is 4.80. The number of allylic oxidation sites excluding steroid dienone is 1. The molecule has 38 heavy (non-hydrogen) atoms. The van der Waals surface area contributed by atoms with Crippen molar-refractivity contribution in [2.75, 3.05) is 51.2 Å². The van der Waals surface area contributed by atoms with E-state index in [1.807, 2.05) is 0 Å². The smallest absolute Gasteiger partial charge is 0.329 e. The quantitative estimate of drug-likeness (QED) is 0.508. The van der Waals surface area contributed by atoms with Gasteiger partial charge in [0, 0.05) is 74.8 Å². The summed E-state index contributed by atoms with van der Waals surface area (Å²) in [6, 6.07) is 2.10. The number of urea groups is 1. The summed E-state index contributed by atoms with van der Waals surface area (Å²) in [5.74, 6) is -2.86. The van der Waals surface area contributed by atoms with Crippen LogP contribution in [0.4, 0.5) is 25.0 Å². The van der Waals surface area contributed by atoms with Crippen molar-refractivity contribution >= 4 is 34.6 Å². The van der Waals surface area contributed by atoms with Crippen LogP contribution in [-0.2, 0) is 11.3 Å². The van der Waals surface area contributed by atoms with E-state index >= 15 is 8.78 Å². The molecule has 2 aliphatic heterocycles. The molecule has 0 bridgehead atoms. The lowest BCUT2D eigenvalue weighted by Gasteiger charge is -2.38. The minimum absolute atomic E-state index is 0.0414. The van der Waals surface area contributed by atoms with E-state index in [2.05, 4.69) is 10.3 Å². The first kappa shape index (κ1) is 26.8. The van der Waals surface area contributed by atoms with Gasteiger partial charge < -0.3 is 25.1 Å². The third-order valence-corrected chi connectivity index (χ3v) is 6.69. The number of nitrogens with zero attached hydrogens (tertiary/aromatic N) is 4. The van der Waals surface area contributed by atoms with Gasteiger partial charge in [-0.1, -0.05) is 0 Å². The number of rotatable bonds is 8. The number of hydrogen-bond acceptors (Lipinski definition) is 7. The standard InChI is InChI=1S/C26H30F2N6O4/c1-14(29)17(10-30-2)18-7-19-16(9-31-18)13-34(25-23(27)20(37-4)8-21(38-5)24(25)28)26(36)33(19)12-15-6-22(35)32(3)11-15/h7-10,15,29-30H,6,11-13H2,1-5H3/b17-10+,29-14?. The molecule has 0 spiro atoms. The number of amides is 3. The number of hydrogen-bond donors (Lipinski definition) is 2. The lowest BCUT2D eigenvalue weighted by molar-refractivity contribution is -0.126. The Bertz CT molecular complexity index is 1300. The zero-order valence-electron chi connectivity index (χ0n) is 21.9. The van der Waals surface area contributed by atoms with E-state index in [0.29, 0.717) is 29.1 Å². The summed E-state index contributed by atoms with van der Waals surface area (Å²) in [4.78, 5) is 34.6. The number of ether oxygens (including phenoxy) is 2. The summed E-state index contributed by atoms with van der Waals surface area (Å²) in [6.45, 7) is 2.04. The molecule has 4 rings (SSSR count). The number of pyridine rings is 1. The van der Waals surface area contributed by atoms with Crippen molar-refractivity contribution in [3.8, 4) is 11.5 Å². The summed E-state index contributed by atoms with van der Waals surface area (Å²) in [6.07, 6.45) is 3.41. The zero-order valence-corrected chi connectivity index (χ0v) is 21.9. The summed E-state index contributed by atoms with van der Waals surface area (Å²) in [5, 5.41) is 11.0. The predicted molar refractivity (Wildman–Crippen MR) is 139 cm³/mol. The van der Waals surface area contributed by atoms with Crippen LogP contribution in [0.15, 0.2) is 24.5 Å². The summed E-state index contributed by atoms with van der Waals surface area (Å²) in [5.41, 5.74) is 1.68. The third kappa shape index (κ3) is 4.73. The number of likely N-dealkylation sites (tertiary alicyclic amines) is 1. The van der Waals surface area contributed by atoms with E-state index in [9.17, 15) is 9.59 Å². The lowest BCUT2D eigenvalue weighted by Crippen LogP contribution is -2.50. The van der Waals surface area contributed by atoms with Crippen molar-refractivity contribution in [1.82, 2.24) is 15.2 Å². The van der Waals surface area contributed by atoms with Crippen LogP contribution in [0.25, 0.3) is 5.57 Å². The average molecular weight is 529 g/mol. The molecule has 3 amide bonds. The fraction of sp³-hybridized carbons (Fsp3) is 0.385. The third-order valence-electron chi connectivity index (χ3n) is 6.69. The van der Waals surface area contributed by atoms with Gasteiger partial charge in [-0.15, -0.1) is 0 Å². The van der Waals surface area contributed by atoms with Crippen molar-refractivity contribution < 1.29 is 27.8 Å². The van der Waals surface area contributed by atoms with Gasteiger partial charge in [0.25, 0.3) is 0 Å². The Kier molecular flexibility index (Phi) is 7.51. The van der Waals surface area contributed by atoms with Crippen LogP contribution in [0, 0.1) is 23.0 Å². The van der Waals surface area contributed by atoms with Crippen LogP contribution in [0.2, 0.25) is 0 Å². The number of methoxy groups -OCH3 is 2. The van der Waals surface area contributed by atoms with Crippen molar-refractivity contribution in [2.45, 2.75) is 19.9 Å². The maximum atomic E-state index is 15.4. The molecule has 2 aromatic rings. The number of anilines is 2. The van der Waals surface area contributed by atoms with Crippen LogP contribution < -0.4 is 24.6 Å². The van der Waals surface area contributed by atoms with E-state index in [0.717, 1.165) is 11.0 Å². The highest BCUT2D eigenvalue weighted by Gasteiger charge is 2.39. The first-order chi connectivity index (χ1) is 18.1. The van der Waals surface area contributed by atoms with E-state index in [-0.39, 0.29) is 48.5 Å². The Hall–Kier alpha value is -4.22. The van der Waals surface area contributed by atoms with Crippen molar-refractivity contribution in [3.05, 3.63) is 47.4 Å². The van der Waals surface area contributed by atoms with Crippen LogP contribution in [0.3, 0.4) is 0 Å². The van der Waals surface area contributed by atoms with Gasteiger partial charge in [-0.05, 0) is 13.0 Å². The van der Waals surface area contributed by atoms with Gasteiger partial charge in [-0.2, -0.15) is 0 Å². The average Bonchev–Trinajstić information content (AvgIpc) is 3.21. The minimum atomic E-state index is -1.04. The van der Waals surface area contributed by atoms with Gasteiger partial charge in [-0.3, -0.25) is 19.6 Å². The maximum Gasteiger partial charge on any atom is 0.329 e. The molecular formula is C26H30F2N6O4. The Morgan fingerprint density at radius 1 is 1.21 bits per heavy atom. The van der Waals surface area contributed by atoms with Gasteiger partial charge in [0.05, 0.1) is 32.1 Å². The van der Waals surface area contributed by atoms with E-state index < -0.39 is 23.4 Å². The normalized spacial score (nSPS) is 17.6. The fourth-order valence-electron chi connectivity index (χ4n) is 4.80. The Labute approximate surface area is 219 Å². The molecule has 1 aromatic heterocycles. The maximum absolute atomic E-state index is 15.4. The number of nitrogens with one attached hydrogen (secondary N) is 2. The first-order valence-corrected chi connectivity index (χ1v) is 12.0. The molecule has 1 atom stereocenters. The molecule has 3 heterocycles. The molecule has 0 saturated carbocycles. The molecule has 10 nitrogen and oxygen atoms in total. The van der Waals surface area contributed by atoms with Crippen molar-refractivity contribution in [3.63, 3.8) is 0 Å². The second-order valence-corrected chi connectivity index (χ2v) is 9.25. The molecule has 1 unspecified atom stereocenters. The molecule has 1 saturated heterocycles. The first-order valence-electron chi connectivity index (χ1n) is 12.0. The number of halogens is 2. The van der Waals surface area contributed by atoms with E-state index in [4.69, 9.17) is 14.9 Å². The molecule has 202 valence electrons. The Balaban J connectivity index is 1.86. The predicted octanol–water partition coefficient (Wildman–Crippen LogP) is 3.40. The number of benzene rings is 1. The van der Waals surface area contributed by atoms with Crippen LogP contribution in [-0.4, -0.2) is 68.9 Å². The van der Waals surface area contributed by atoms with Crippen LogP contribution in [0.5, 0.6) is 11.5 Å². The van der Waals surface area contributed by atoms with Gasteiger partial charge in [0.1, 0.15) is 5.69 Å². The van der Waals surface area contributed by atoms with Crippen LogP contribution >= 0.6 is 0 Å². The molecule has 0 aliphatic carbocycles. The van der Waals surface area contributed by atoms with Gasteiger partial charge in [0.15, 0.2) is 23.1 Å². The number of carbonyl (C=O) groups is 2.